The molecule has 2 aromatic rings. The van der Waals surface area contributed by atoms with Crippen molar-refractivity contribution in [3.63, 3.8) is 0 Å². The molecule has 0 aliphatic rings. The minimum Gasteiger partial charge on any atom is -0.497 e. The van der Waals surface area contributed by atoms with Crippen molar-refractivity contribution < 1.29 is 9.47 Å². The average molecular weight is 336 g/mol. The van der Waals surface area contributed by atoms with Crippen molar-refractivity contribution in [1.29, 1.82) is 0 Å². The van der Waals surface area contributed by atoms with Gasteiger partial charge in [-0.15, -0.1) is 0 Å². The Balaban J connectivity index is 2.25. The van der Waals surface area contributed by atoms with Gasteiger partial charge in [-0.1, -0.05) is 28.1 Å². The lowest BCUT2D eigenvalue weighted by Crippen LogP contribution is -2.14. The SMILES string of the molecule is COc1ccc(OC)c(C(N)Cc2cccc(Br)c2)c1. The molecule has 0 radical (unpaired) electrons. The van der Waals surface area contributed by atoms with Crippen LogP contribution in [0.1, 0.15) is 17.2 Å². The van der Waals surface area contributed by atoms with E-state index in [0.717, 1.165) is 28.0 Å². The zero-order valence-electron chi connectivity index (χ0n) is 11.6. The molecule has 1 unspecified atom stereocenters. The molecule has 20 heavy (non-hydrogen) atoms. The summed E-state index contributed by atoms with van der Waals surface area (Å²) >= 11 is 3.47. The Hall–Kier alpha value is -1.52. The number of nitrogens with two attached hydrogens (primary N) is 1. The lowest BCUT2D eigenvalue weighted by atomic mass is 9.98. The number of hydrogen-bond acceptors (Lipinski definition) is 3. The highest BCUT2D eigenvalue weighted by Crippen LogP contribution is 2.30. The quantitative estimate of drug-likeness (QED) is 0.905. The molecule has 2 aromatic carbocycles. The maximum atomic E-state index is 6.33. The first-order valence-electron chi connectivity index (χ1n) is 6.36. The summed E-state index contributed by atoms with van der Waals surface area (Å²) in [6, 6.07) is 13.7. The van der Waals surface area contributed by atoms with E-state index in [1.165, 1.54) is 5.56 Å². The highest BCUT2D eigenvalue weighted by atomic mass is 79.9. The molecule has 0 aliphatic carbocycles. The van der Waals surface area contributed by atoms with Gasteiger partial charge in [0.25, 0.3) is 0 Å². The summed E-state index contributed by atoms with van der Waals surface area (Å²) in [5.74, 6) is 1.57. The third-order valence-electron chi connectivity index (χ3n) is 3.18. The summed E-state index contributed by atoms with van der Waals surface area (Å²) in [6.07, 6.45) is 0.739. The van der Waals surface area contributed by atoms with E-state index < -0.39 is 0 Å². The van der Waals surface area contributed by atoms with Gasteiger partial charge >= 0.3 is 0 Å². The molecule has 2 N–H and O–H groups in total. The van der Waals surface area contributed by atoms with E-state index in [-0.39, 0.29) is 6.04 Å². The molecule has 2 rings (SSSR count). The van der Waals surface area contributed by atoms with Crippen LogP contribution in [0.25, 0.3) is 0 Å². The molecule has 0 aliphatic heterocycles. The number of ether oxygens (including phenoxy) is 2. The van der Waals surface area contributed by atoms with Gasteiger partial charge in [-0.3, -0.25) is 0 Å². The molecule has 0 spiro atoms. The minimum atomic E-state index is -0.144. The monoisotopic (exact) mass is 335 g/mol. The first-order chi connectivity index (χ1) is 9.63. The lowest BCUT2D eigenvalue weighted by molar-refractivity contribution is 0.395. The fourth-order valence-corrected chi connectivity index (χ4v) is 2.60. The third-order valence-corrected chi connectivity index (χ3v) is 3.67. The summed E-state index contributed by atoms with van der Waals surface area (Å²) in [6.45, 7) is 0. The van der Waals surface area contributed by atoms with Crippen LogP contribution in [0.15, 0.2) is 46.9 Å². The summed E-state index contributed by atoms with van der Waals surface area (Å²) in [5.41, 5.74) is 8.45. The Morgan fingerprint density at radius 1 is 1.10 bits per heavy atom. The van der Waals surface area contributed by atoms with Crippen LogP contribution in [0.2, 0.25) is 0 Å². The molecule has 4 heteroatoms. The van der Waals surface area contributed by atoms with Crippen LogP contribution in [-0.4, -0.2) is 14.2 Å². The van der Waals surface area contributed by atoms with E-state index in [1.54, 1.807) is 14.2 Å². The first-order valence-corrected chi connectivity index (χ1v) is 7.15. The molecule has 0 saturated heterocycles. The van der Waals surface area contributed by atoms with Gasteiger partial charge < -0.3 is 15.2 Å². The Morgan fingerprint density at radius 2 is 1.90 bits per heavy atom. The third kappa shape index (κ3) is 3.52. The van der Waals surface area contributed by atoms with Gasteiger partial charge in [0.2, 0.25) is 0 Å². The van der Waals surface area contributed by atoms with Crippen LogP contribution in [0.4, 0.5) is 0 Å². The first kappa shape index (κ1) is 14.9. The zero-order valence-corrected chi connectivity index (χ0v) is 13.2. The summed E-state index contributed by atoms with van der Waals surface area (Å²) in [5, 5.41) is 0. The molecule has 0 heterocycles. The highest BCUT2D eigenvalue weighted by Gasteiger charge is 2.14. The van der Waals surface area contributed by atoms with E-state index in [9.17, 15) is 0 Å². The molecule has 0 amide bonds. The molecule has 1 atom stereocenters. The average Bonchev–Trinajstić information content (AvgIpc) is 2.46. The Morgan fingerprint density at radius 3 is 2.55 bits per heavy atom. The number of methoxy groups -OCH3 is 2. The summed E-state index contributed by atoms with van der Waals surface area (Å²) in [4.78, 5) is 0. The van der Waals surface area contributed by atoms with Gasteiger partial charge in [-0.05, 0) is 42.3 Å². The van der Waals surface area contributed by atoms with E-state index in [1.807, 2.05) is 30.3 Å². The molecule has 106 valence electrons. The van der Waals surface area contributed by atoms with Gasteiger partial charge in [0.05, 0.1) is 14.2 Å². The van der Waals surface area contributed by atoms with Crippen LogP contribution >= 0.6 is 15.9 Å². The number of halogens is 1. The second kappa shape index (κ2) is 6.77. The summed E-state index contributed by atoms with van der Waals surface area (Å²) in [7, 11) is 3.29. The number of rotatable bonds is 5. The molecule has 0 fully saturated rings. The van der Waals surface area contributed by atoms with E-state index in [2.05, 4.69) is 28.1 Å². The van der Waals surface area contributed by atoms with Crippen LogP contribution in [0.3, 0.4) is 0 Å². The molecule has 3 nitrogen and oxygen atoms in total. The Labute approximate surface area is 127 Å². The van der Waals surface area contributed by atoms with Crippen LogP contribution < -0.4 is 15.2 Å². The van der Waals surface area contributed by atoms with Crippen molar-refractivity contribution in [3.8, 4) is 11.5 Å². The van der Waals surface area contributed by atoms with Crippen LogP contribution in [0.5, 0.6) is 11.5 Å². The molecular formula is C16H18BrNO2. The van der Waals surface area contributed by atoms with Crippen molar-refractivity contribution in [2.75, 3.05) is 14.2 Å². The second-order valence-electron chi connectivity index (χ2n) is 4.55. The maximum absolute atomic E-state index is 6.33. The molecule has 0 bridgehead atoms. The standard InChI is InChI=1S/C16H18BrNO2/c1-19-13-6-7-16(20-2)14(10-13)15(18)9-11-4-3-5-12(17)8-11/h3-8,10,15H,9,18H2,1-2H3. The van der Waals surface area contributed by atoms with Gasteiger partial charge in [0.15, 0.2) is 0 Å². The van der Waals surface area contributed by atoms with E-state index in [4.69, 9.17) is 15.2 Å². The second-order valence-corrected chi connectivity index (χ2v) is 5.46. The van der Waals surface area contributed by atoms with Crippen molar-refractivity contribution in [2.45, 2.75) is 12.5 Å². The normalized spacial score (nSPS) is 12.0. The predicted octanol–water partition coefficient (Wildman–Crippen LogP) is 3.71. The zero-order chi connectivity index (χ0) is 14.5. The van der Waals surface area contributed by atoms with Crippen LogP contribution in [-0.2, 0) is 6.42 Å². The minimum absolute atomic E-state index is 0.144. The van der Waals surface area contributed by atoms with E-state index >= 15 is 0 Å². The van der Waals surface area contributed by atoms with Gasteiger partial charge in [0, 0.05) is 16.1 Å². The molecule has 0 aromatic heterocycles. The number of benzene rings is 2. The van der Waals surface area contributed by atoms with Crippen molar-refractivity contribution in [1.82, 2.24) is 0 Å². The fraction of sp³-hybridized carbons (Fsp3) is 0.250. The molecule has 0 saturated carbocycles. The van der Waals surface area contributed by atoms with Gasteiger partial charge in [-0.25, -0.2) is 0 Å². The lowest BCUT2D eigenvalue weighted by Gasteiger charge is -2.17. The van der Waals surface area contributed by atoms with Crippen LogP contribution in [0, 0.1) is 0 Å². The van der Waals surface area contributed by atoms with E-state index in [0.29, 0.717) is 0 Å². The maximum Gasteiger partial charge on any atom is 0.123 e. The molecular weight excluding hydrogens is 318 g/mol. The van der Waals surface area contributed by atoms with Crippen molar-refractivity contribution in [2.24, 2.45) is 5.73 Å². The largest absolute Gasteiger partial charge is 0.497 e. The fourth-order valence-electron chi connectivity index (χ4n) is 2.16. The topological polar surface area (TPSA) is 44.5 Å². The van der Waals surface area contributed by atoms with Crippen molar-refractivity contribution in [3.05, 3.63) is 58.1 Å². The van der Waals surface area contributed by atoms with Gasteiger partial charge in [0.1, 0.15) is 11.5 Å². The van der Waals surface area contributed by atoms with Crippen molar-refractivity contribution >= 4 is 15.9 Å². The Kier molecular flexibility index (Phi) is 5.04. The Bertz CT molecular complexity index is 586. The predicted molar refractivity (Wildman–Crippen MR) is 84.3 cm³/mol. The van der Waals surface area contributed by atoms with Gasteiger partial charge in [-0.2, -0.15) is 0 Å². The highest BCUT2D eigenvalue weighted by molar-refractivity contribution is 9.10. The summed E-state index contributed by atoms with van der Waals surface area (Å²) < 4.78 is 11.7. The smallest absolute Gasteiger partial charge is 0.123 e. The number of hydrogen-bond donors (Lipinski definition) is 1.